The number of rotatable bonds is 6. The Morgan fingerprint density at radius 1 is 1.00 bits per heavy atom. The number of nitrogens with one attached hydrogen (secondary N) is 1. The fourth-order valence-electron chi connectivity index (χ4n) is 3.19. The molecule has 1 N–H and O–H groups in total. The van der Waals surface area contributed by atoms with E-state index in [0.29, 0.717) is 59.1 Å². The maximum absolute atomic E-state index is 12.2. The van der Waals surface area contributed by atoms with Gasteiger partial charge >= 0.3 is 0 Å². The van der Waals surface area contributed by atoms with Crippen molar-refractivity contribution in [2.24, 2.45) is 0 Å². The lowest BCUT2D eigenvalue weighted by atomic mass is 10.2. The molecule has 0 saturated carbocycles. The molecule has 0 unspecified atom stereocenters. The van der Waals surface area contributed by atoms with E-state index < -0.39 is 0 Å². The number of anilines is 2. The number of hydrogen-bond acceptors (Lipinski definition) is 4. The van der Waals surface area contributed by atoms with Crippen LogP contribution in [0, 0.1) is 0 Å². The van der Waals surface area contributed by atoms with Gasteiger partial charge < -0.3 is 19.9 Å². The molecular weight excluding hydrogens is 449 g/mol. The summed E-state index contributed by atoms with van der Waals surface area (Å²) in [6, 6.07) is 10.2. The molecule has 2 aromatic carbocycles. The Morgan fingerprint density at radius 2 is 1.73 bits per heavy atom. The minimum Gasteiger partial charge on any atom is -0.482 e. The van der Waals surface area contributed by atoms with Crippen LogP contribution in [0.25, 0.3) is 0 Å². The number of ether oxygens (including phenoxy) is 1. The summed E-state index contributed by atoms with van der Waals surface area (Å²) in [6.07, 6.45) is 0.517. The third-order valence-corrected chi connectivity index (χ3v) is 5.59. The van der Waals surface area contributed by atoms with Gasteiger partial charge in [0, 0.05) is 43.3 Å². The molecule has 6 nitrogen and oxygen atoms in total. The van der Waals surface area contributed by atoms with Gasteiger partial charge in [-0.2, -0.15) is 0 Å². The van der Waals surface area contributed by atoms with E-state index in [1.807, 2.05) is 17.9 Å². The molecule has 3 rings (SSSR count). The molecule has 1 aliphatic rings. The Hall–Kier alpha value is -2.15. The van der Waals surface area contributed by atoms with Gasteiger partial charge in [0.2, 0.25) is 5.91 Å². The fraction of sp³-hybridized carbons (Fsp3) is 0.333. The number of piperazine rings is 1. The third kappa shape index (κ3) is 5.72. The Kier molecular flexibility index (Phi) is 7.69. The monoisotopic (exact) mass is 469 g/mol. The topological polar surface area (TPSA) is 61.9 Å². The summed E-state index contributed by atoms with van der Waals surface area (Å²) in [4.78, 5) is 28.0. The van der Waals surface area contributed by atoms with Crippen LogP contribution in [-0.2, 0) is 9.59 Å². The van der Waals surface area contributed by atoms with Crippen molar-refractivity contribution in [3.8, 4) is 5.75 Å². The summed E-state index contributed by atoms with van der Waals surface area (Å²) in [7, 11) is 0. The maximum atomic E-state index is 12.2. The van der Waals surface area contributed by atoms with Gasteiger partial charge in [-0.1, -0.05) is 41.7 Å². The van der Waals surface area contributed by atoms with Crippen LogP contribution in [0.4, 0.5) is 11.4 Å². The lowest BCUT2D eigenvalue weighted by Crippen LogP contribution is -2.48. The van der Waals surface area contributed by atoms with E-state index >= 15 is 0 Å². The van der Waals surface area contributed by atoms with Crippen LogP contribution < -0.4 is 15.0 Å². The highest BCUT2D eigenvalue weighted by atomic mass is 35.5. The second-order valence-electron chi connectivity index (χ2n) is 6.80. The van der Waals surface area contributed by atoms with Crippen molar-refractivity contribution in [1.82, 2.24) is 4.90 Å². The van der Waals surface area contributed by atoms with Crippen molar-refractivity contribution in [1.29, 1.82) is 0 Å². The van der Waals surface area contributed by atoms with Crippen LogP contribution in [0.3, 0.4) is 0 Å². The molecule has 2 amide bonds. The second kappa shape index (κ2) is 10.2. The molecule has 0 aliphatic carbocycles. The van der Waals surface area contributed by atoms with Crippen LogP contribution in [0.2, 0.25) is 15.1 Å². The summed E-state index contributed by atoms with van der Waals surface area (Å²) in [5, 5.41) is 4.11. The van der Waals surface area contributed by atoms with Gasteiger partial charge in [-0.25, -0.2) is 0 Å². The number of halogens is 3. The molecule has 1 fully saturated rings. The normalized spacial score (nSPS) is 13.9. The van der Waals surface area contributed by atoms with Gasteiger partial charge in [0.15, 0.2) is 6.61 Å². The highest BCUT2D eigenvalue weighted by Gasteiger charge is 2.21. The van der Waals surface area contributed by atoms with Crippen LogP contribution in [0.5, 0.6) is 5.75 Å². The van der Waals surface area contributed by atoms with Crippen molar-refractivity contribution in [2.45, 2.75) is 13.3 Å². The summed E-state index contributed by atoms with van der Waals surface area (Å²) in [5.41, 5.74) is 1.45. The van der Waals surface area contributed by atoms with Gasteiger partial charge in [-0.3, -0.25) is 9.59 Å². The predicted molar refractivity (Wildman–Crippen MR) is 121 cm³/mol. The molecule has 1 aliphatic heterocycles. The summed E-state index contributed by atoms with van der Waals surface area (Å²) in [6.45, 7) is 4.44. The van der Waals surface area contributed by atoms with E-state index in [9.17, 15) is 9.59 Å². The lowest BCUT2D eigenvalue weighted by Gasteiger charge is -2.36. The SMILES string of the molecule is CCC(=O)N1CCN(c2ccc(NC(=O)COc3ccc(Cl)cc3Cl)cc2Cl)CC1. The minimum absolute atomic E-state index is 0.168. The molecule has 1 heterocycles. The van der Waals surface area contributed by atoms with Crippen molar-refractivity contribution < 1.29 is 14.3 Å². The smallest absolute Gasteiger partial charge is 0.262 e. The van der Waals surface area contributed by atoms with E-state index in [0.717, 1.165) is 5.69 Å². The van der Waals surface area contributed by atoms with Crippen molar-refractivity contribution in [3.63, 3.8) is 0 Å². The van der Waals surface area contributed by atoms with Gasteiger partial charge in [0.05, 0.1) is 15.7 Å². The van der Waals surface area contributed by atoms with Crippen LogP contribution in [-0.4, -0.2) is 49.5 Å². The van der Waals surface area contributed by atoms with E-state index in [-0.39, 0.29) is 18.4 Å². The number of nitrogens with zero attached hydrogens (tertiary/aromatic N) is 2. The average molecular weight is 471 g/mol. The molecule has 160 valence electrons. The molecule has 0 spiro atoms. The Labute approximate surface area is 190 Å². The first-order valence-electron chi connectivity index (χ1n) is 9.57. The Balaban J connectivity index is 1.55. The van der Waals surface area contributed by atoms with Crippen LogP contribution in [0.15, 0.2) is 36.4 Å². The first-order chi connectivity index (χ1) is 14.4. The van der Waals surface area contributed by atoms with Gasteiger partial charge in [0.25, 0.3) is 5.91 Å². The highest BCUT2D eigenvalue weighted by Crippen LogP contribution is 2.30. The molecule has 30 heavy (non-hydrogen) atoms. The maximum Gasteiger partial charge on any atom is 0.262 e. The number of benzene rings is 2. The van der Waals surface area contributed by atoms with E-state index in [4.69, 9.17) is 39.5 Å². The first-order valence-corrected chi connectivity index (χ1v) is 10.7. The van der Waals surface area contributed by atoms with E-state index in [1.54, 1.807) is 30.3 Å². The van der Waals surface area contributed by atoms with E-state index in [2.05, 4.69) is 10.2 Å². The number of hydrogen-bond donors (Lipinski definition) is 1. The van der Waals surface area contributed by atoms with Crippen molar-refractivity contribution >= 4 is 58.0 Å². The molecule has 0 bridgehead atoms. The molecule has 2 aromatic rings. The largest absolute Gasteiger partial charge is 0.482 e. The fourth-order valence-corrected chi connectivity index (χ4v) is 3.96. The second-order valence-corrected chi connectivity index (χ2v) is 8.05. The van der Waals surface area contributed by atoms with Crippen molar-refractivity contribution in [3.05, 3.63) is 51.5 Å². The molecule has 0 aromatic heterocycles. The molecule has 1 saturated heterocycles. The highest BCUT2D eigenvalue weighted by molar-refractivity contribution is 6.35. The summed E-state index contributed by atoms with van der Waals surface area (Å²) < 4.78 is 5.44. The standard InChI is InChI=1S/C21H22Cl3N3O3/c1-2-21(29)27-9-7-26(8-10-27)18-5-4-15(12-16(18)23)25-20(28)13-30-19-6-3-14(22)11-17(19)24/h3-6,11-12H,2,7-10,13H2,1H3,(H,25,28). The van der Waals surface area contributed by atoms with E-state index in [1.165, 1.54) is 0 Å². The summed E-state index contributed by atoms with van der Waals surface area (Å²) in [5.74, 6) is 0.211. The zero-order chi connectivity index (χ0) is 21.7. The molecule has 0 atom stereocenters. The Bertz CT molecular complexity index is 931. The average Bonchev–Trinajstić information content (AvgIpc) is 2.73. The minimum atomic E-state index is -0.337. The number of carbonyl (C=O) groups is 2. The molecular formula is C21H22Cl3N3O3. The lowest BCUT2D eigenvalue weighted by molar-refractivity contribution is -0.131. The number of carbonyl (C=O) groups excluding carboxylic acids is 2. The van der Waals surface area contributed by atoms with Gasteiger partial charge in [-0.15, -0.1) is 0 Å². The first kappa shape index (κ1) is 22.5. The van der Waals surface area contributed by atoms with Crippen LogP contribution in [0.1, 0.15) is 13.3 Å². The quantitative estimate of drug-likeness (QED) is 0.663. The third-order valence-electron chi connectivity index (χ3n) is 4.76. The van der Waals surface area contributed by atoms with Gasteiger partial charge in [0.1, 0.15) is 5.75 Å². The predicted octanol–water partition coefficient (Wildman–Crippen LogP) is 4.72. The Morgan fingerprint density at radius 3 is 2.37 bits per heavy atom. The van der Waals surface area contributed by atoms with Gasteiger partial charge in [-0.05, 0) is 36.4 Å². The van der Waals surface area contributed by atoms with Crippen molar-refractivity contribution in [2.75, 3.05) is 43.0 Å². The zero-order valence-corrected chi connectivity index (χ0v) is 18.7. The molecule has 0 radical (unpaired) electrons. The zero-order valence-electron chi connectivity index (χ0n) is 16.5. The molecule has 9 heteroatoms. The van der Waals surface area contributed by atoms with Crippen LogP contribution >= 0.6 is 34.8 Å². The summed E-state index contributed by atoms with van der Waals surface area (Å²) >= 11 is 18.3. The number of amides is 2.